The fourth-order valence-corrected chi connectivity index (χ4v) is 3.60. The van der Waals surface area contributed by atoms with Crippen LogP contribution in [0.4, 0.5) is 0 Å². The molecule has 0 spiro atoms. The molecule has 98 valence electrons. The van der Waals surface area contributed by atoms with Crippen molar-refractivity contribution in [2.75, 3.05) is 13.2 Å². The van der Waals surface area contributed by atoms with E-state index in [-0.39, 0.29) is 5.41 Å². The number of rotatable bonds is 2. The third-order valence-electron chi connectivity index (χ3n) is 2.85. The van der Waals surface area contributed by atoms with Gasteiger partial charge < -0.3 is 9.05 Å². The zero-order chi connectivity index (χ0) is 13.2. The molecule has 1 aliphatic heterocycles. The van der Waals surface area contributed by atoms with Gasteiger partial charge in [-0.05, 0) is 18.1 Å². The molecule has 1 heterocycles. The van der Waals surface area contributed by atoms with E-state index in [1.807, 2.05) is 51.1 Å². The van der Waals surface area contributed by atoms with Crippen molar-refractivity contribution in [1.82, 2.24) is 0 Å². The van der Waals surface area contributed by atoms with Crippen molar-refractivity contribution < 1.29 is 13.6 Å². The first-order valence-corrected chi connectivity index (χ1v) is 7.65. The second kappa shape index (κ2) is 5.00. The fraction of sp³-hybridized carbons (Fsp3) is 0.429. The van der Waals surface area contributed by atoms with E-state index in [4.69, 9.17) is 9.05 Å². The summed E-state index contributed by atoms with van der Waals surface area (Å²) in [5, 5.41) is 0. The smallest absolute Gasteiger partial charge is 0.305 e. The first-order chi connectivity index (χ1) is 8.40. The van der Waals surface area contributed by atoms with Gasteiger partial charge in [0.25, 0.3) is 0 Å². The maximum atomic E-state index is 12.4. The Morgan fingerprint density at radius 3 is 2.33 bits per heavy atom. The van der Waals surface area contributed by atoms with Crippen LogP contribution in [0.15, 0.2) is 36.1 Å². The molecule has 0 saturated carbocycles. The van der Waals surface area contributed by atoms with Crippen molar-refractivity contribution in [1.29, 1.82) is 0 Å². The van der Waals surface area contributed by atoms with E-state index in [9.17, 15) is 4.57 Å². The first-order valence-electron chi connectivity index (χ1n) is 6.04. The summed E-state index contributed by atoms with van der Waals surface area (Å²) < 4.78 is 23.2. The second-order valence-electron chi connectivity index (χ2n) is 5.43. The molecule has 0 radical (unpaired) electrons. The lowest BCUT2D eigenvalue weighted by molar-refractivity contribution is 0.0458. The summed E-state index contributed by atoms with van der Waals surface area (Å²) in [7, 11) is -3.08. The normalized spacial score (nSPS) is 22.7. The highest BCUT2D eigenvalue weighted by atomic mass is 31.2. The van der Waals surface area contributed by atoms with Gasteiger partial charge in [-0.2, -0.15) is 0 Å². The first kappa shape index (κ1) is 13.5. The third kappa shape index (κ3) is 3.32. The Hall–Kier alpha value is -0.890. The van der Waals surface area contributed by atoms with Crippen LogP contribution in [0.25, 0.3) is 5.57 Å². The van der Waals surface area contributed by atoms with Crippen LogP contribution in [0.3, 0.4) is 0 Å². The summed E-state index contributed by atoms with van der Waals surface area (Å²) in [6.45, 7) is 6.90. The van der Waals surface area contributed by atoms with E-state index in [0.717, 1.165) is 11.1 Å². The van der Waals surface area contributed by atoms with Crippen LogP contribution in [0.2, 0.25) is 0 Å². The molecule has 18 heavy (non-hydrogen) atoms. The van der Waals surface area contributed by atoms with Crippen LogP contribution in [0, 0.1) is 5.41 Å². The molecule has 1 fully saturated rings. The number of benzene rings is 1. The van der Waals surface area contributed by atoms with Crippen molar-refractivity contribution in [2.24, 2.45) is 5.41 Å². The van der Waals surface area contributed by atoms with E-state index in [1.165, 1.54) is 0 Å². The summed E-state index contributed by atoms with van der Waals surface area (Å²) in [6.07, 6.45) is 0. The van der Waals surface area contributed by atoms with Crippen LogP contribution >= 0.6 is 7.60 Å². The van der Waals surface area contributed by atoms with Gasteiger partial charge in [-0.3, -0.25) is 4.57 Å². The van der Waals surface area contributed by atoms with E-state index in [0.29, 0.717) is 13.2 Å². The molecular formula is C14H19O3P. The largest absolute Gasteiger partial charge is 0.354 e. The Bertz CT molecular complexity index is 477. The molecule has 0 amide bonds. The minimum absolute atomic E-state index is 0.0671. The summed E-state index contributed by atoms with van der Waals surface area (Å²) in [5.41, 5.74) is 1.88. The van der Waals surface area contributed by atoms with Crippen LogP contribution in [0.1, 0.15) is 26.3 Å². The molecule has 1 aromatic rings. The molecule has 1 aliphatic rings. The standard InChI is InChI=1S/C14H19O3P/c1-12(13-7-5-4-6-8-13)9-18(15)16-10-14(2,3)11-17-18/h4-9H,10-11H2,1-3H3/b12-9+. The number of allylic oxidation sites excluding steroid dienone is 1. The fourth-order valence-electron chi connectivity index (χ4n) is 1.70. The van der Waals surface area contributed by atoms with Crippen molar-refractivity contribution >= 4 is 13.2 Å². The summed E-state index contributed by atoms with van der Waals surface area (Å²) in [6, 6.07) is 9.81. The maximum Gasteiger partial charge on any atom is 0.354 e. The highest BCUT2D eigenvalue weighted by Crippen LogP contribution is 2.56. The van der Waals surface area contributed by atoms with Gasteiger partial charge >= 0.3 is 7.60 Å². The molecule has 0 aliphatic carbocycles. The lowest BCUT2D eigenvalue weighted by Gasteiger charge is -2.32. The Labute approximate surface area is 108 Å². The molecular weight excluding hydrogens is 247 g/mol. The van der Waals surface area contributed by atoms with Gasteiger partial charge in [0.1, 0.15) is 0 Å². The van der Waals surface area contributed by atoms with Crippen molar-refractivity contribution in [3.8, 4) is 0 Å². The maximum absolute atomic E-state index is 12.4. The van der Waals surface area contributed by atoms with Crippen molar-refractivity contribution in [2.45, 2.75) is 20.8 Å². The summed E-state index contributed by atoms with van der Waals surface area (Å²) in [5.74, 6) is 1.62. The molecule has 0 unspecified atom stereocenters. The average Bonchev–Trinajstić information content (AvgIpc) is 2.35. The van der Waals surface area contributed by atoms with E-state index < -0.39 is 7.60 Å². The molecule has 0 N–H and O–H groups in total. The van der Waals surface area contributed by atoms with E-state index >= 15 is 0 Å². The number of hydrogen-bond acceptors (Lipinski definition) is 3. The third-order valence-corrected chi connectivity index (χ3v) is 4.53. The lowest BCUT2D eigenvalue weighted by Crippen LogP contribution is -2.28. The summed E-state index contributed by atoms with van der Waals surface area (Å²) in [4.78, 5) is 0. The lowest BCUT2D eigenvalue weighted by atomic mass is 9.97. The molecule has 0 bridgehead atoms. The van der Waals surface area contributed by atoms with Crippen LogP contribution < -0.4 is 0 Å². The van der Waals surface area contributed by atoms with E-state index in [2.05, 4.69) is 0 Å². The zero-order valence-corrected chi connectivity index (χ0v) is 11.9. The quantitative estimate of drug-likeness (QED) is 0.748. The van der Waals surface area contributed by atoms with Crippen molar-refractivity contribution in [3.63, 3.8) is 0 Å². The predicted octanol–water partition coefficient (Wildman–Crippen LogP) is 4.31. The van der Waals surface area contributed by atoms with E-state index in [1.54, 1.807) is 5.82 Å². The van der Waals surface area contributed by atoms with Gasteiger partial charge in [-0.25, -0.2) is 0 Å². The Kier molecular flexibility index (Phi) is 3.76. The Morgan fingerprint density at radius 2 is 1.78 bits per heavy atom. The van der Waals surface area contributed by atoms with Crippen LogP contribution in [0.5, 0.6) is 0 Å². The molecule has 3 nitrogen and oxygen atoms in total. The minimum atomic E-state index is -3.08. The van der Waals surface area contributed by atoms with Gasteiger partial charge in [0.05, 0.1) is 13.2 Å². The highest BCUT2D eigenvalue weighted by Gasteiger charge is 2.35. The van der Waals surface area contributed by atoms with Crippen LogP contribution in [-0.2, 0) is 13.6 Å². The average molecular weight is 266 g/mol. The molecule has 4 heteroatoms. The molecule has 0 aromatic heterocycles. The molecule has 0 atom stereocenters. The topological polar surface area (TPSA) is 35.5 Å². The Balaban J connectivity index is 2.16. The molecule has 2 rings (SSSR count). The number of hydrogen-bond donors (Lipinski definition) is 0. The molecule has 1 saturated heterocycles. The summed E-state index contributed by atoms with van der Waals surface area (Å²) >= 11 is 0. The van der Waals surface area contributed by atoms with Gasteiger partial charge in [-0.15, -0.1) is 0 Å². The highest BCUT2D eigenvalue weighted by molar-refractivity contribution is 7.57. The van der Waals surface area contributed by atoms with Crippen molar-refractivity contribution in [3.05, 3.63) is 41.7 Å². The Morgan fingerprint density at radius 1 is 1.22 bits per heavy atom. The van der Waals surface area contributed by atoms with Gasteiger partial charge in [0.15, 0.2) is 0 Å². The van der Waals surface area contributed by atoms with Gasteiger partial charge in [0.2, 0.25) is 0 Å². The van der Waals surface area contributed by atoms with Gasteiger partial charge in [-0.1, -0.05) is 44.2 Å². The monoisotopic (exact) mass is 266 g/mol. The minimum Gasteiger partial charge on any atom is -0.305 e. The second-order valence-corrected chi connectivity index (χ2v) is 7.28. The predicted molar refractivity (Wildman–Crippen MR) is 73.4 cm³/mol. The SMILES string of the molecule is C/C(=C\P1(=O)OCC(C)(C)CO1)c1ccccc1. The molecule has 1 aromatic carbocycles. The van der Waals surface area contributed by atoms with Gasteiger partial charge in [0, 0.05) is 11.2 Å². The van der Waals surface area contributed by atoms with Crippen LogP contribution in [-0.4, -0.2) is 13.2 Å². The zero-order valence-electron chi connectivity index (χ0n) is 11.1.